The van der Waals surface area contributed by atoms with Crippen LogP contribution in [0, 0.1) is 0 Å². The minimum absolute atomic E-state index is 0.0885. The van der Waals surface area contributed by atoms with E-state index in [1.807, 2.05) is 43.0 Å². The molecule has 1 rings (SSSR count). The third kappa shape index (κ3) is 4.75. The Morgan fingerprint density at radius 3 is 2.47 bits per heavy atom. The molecule has 0 aliphatic carbocycles. The average molecular weight is 256 g/mol. The maximum absolute atomic E-state index is 10.7. The highest BCUT2D eigenvalue weighted by Crippen LogP contribution is 2.13. The van der Waals surface area contributed by atoms with Gasteiger partial charge in [0, 0.05) is 11.1 Å². The molecule has 0 amide bonds. The van der Waals surface area contributed by atoms with Crippen molar-refractivity contribution < 1.29 is 9.90 Å². The van der Waals surface area contributed by atoms with Gasteiger partial charge in [0.15, 0.2) is 0 Å². The molecule has 0 fully saturated rings. The van der Waals surface area contributed by atoms with E-state index in [9.17, 15) is 4.79 Å². The van der Waals surface area contributed by atoms with E-state index in [0.29, 0.717) is 0 Å². The van der Waals surface area contributed by atoms with E-state index < -0.39 is 5.97 Å². The third-order valence-corrected chi connectivity index (χ3v) is 3.06. The summed E-state index contributed by atoms with van der Waals surface area (Å²) in [4.78, 5) is 12.7. The number of nitrogens with zero attached hydrogens (tertiary/aromatic N) is 1. The van der Waals surface area contributed by atoms with Gasteiger partial charge in [0.05, 0.1) is 6.54 Å². The summed E-state index contributed by atoms with van der Waals surface area (Å²) in [6, 6.07) is 7.88. The van der Waals surface area contributed by atoms with Crippen LogP contribution in [0.4, 0.5) is 0 Å². The Balaban J connectivity index is 2.60. The van der Waals surface area contributed by atoms with Crippen molar-refractivity contribution >= 4 is 17.6 Å². The summed E-state index contributed by atoms with van der Waals surface area (Å²) in [6.45, 7) is 4.84. The van der Waals surface area contributed by atoms with Crippen molar-refractivity contribution in [2.24, 2.45) is 0 Å². The molecule has 3 nitrogen and oxygen atoms in total. The number of benzene rings is 1. The molecule has 1 unspecified atom stereocenters. The minimum Gasteiger partial charge on any atom is -0.480 e. The lowest BCUT2D eigenvalue weighted by atomic mass is 10.1. The van der Waals surface area contributed by atoms with E-state index in [1.54, 1.807) is 0 Å². The molecule has 94 valence electrons. The molecule has 0 heterocycles. The quantitative estimate of drug-likeness (QED) is 0.850. The zero-order valence-corrected chi connectivity index (χ0v) is 10.9. The fourth-order valence-electron chi connectivity index (χ4n) is 1.84. The molecule has 1 aromatic carbocycles. The van der Waals surface area contributed by atoms with Crippen molar-refractivity contribution in [1.29, 1.82) is 0 Å². The van der Waals surface area contributed by atoms with Gasteiger partial charge in [-0.1, -0.05) is 30.7 Å². The average Bonchev–Trinajstić information content (AvgIpc) is 2.28. The first-order valence-electron chi connectivity index (χ1n) is 5.73. The Morgan fingerprint density at radius 1 is 1.41 bits per heavy atom. The van der Waals surface area contributed by atoms with Crippen LogP contribution in [0.3, 0.4) is 0 Å². The topological polar surface area (TPSA) is 40.5 Å². The first kappa shape index (κ1) is 14.0. The maximum atomic E-state index is 10.7. The molecule has 17 heavy (non-hydrogen) atoms. The first-order chi connectivity index (χ1) is 8.02. The van der Waals surface area contributed by atoms with Gasteiger partial charge in [-0.15, -0.1) is 0 Å². The minimum atomic E-state index is -0.783. The van der Waals surface area contributed by atoms with E-state index in [2.05, 4.69) is 0 Å². The summed E-state index contributed by atoms with van der Waals surface area (Å²) in [7, 11) is 0. The second-order valence-corrected chi connectivity index (χ2v) is 4.57. The van der Waals surface area contributed by atoms with Crippen LogP contribution >= 0.6 is 11.6 Å². The molecule has 1 aromatic rings. The smallest absolute Gasteiger partial charge is 0.317 e. The van der Waals surface area contributed by atoms with Gasteiger partial charge in [0.2, 0.25) is 0 Å². The standard InChI is InChI=1S/C13H18ClNO2/c1-3-15(9-13(16)17)10(2)8-11-4-6-12(14)7-5-11/h4-7,10H,3,8-9H2,1-2H3,(H,16,17). The number of hydrogen-bond acceptors (Lipinski definition) is 2. The number of rotatable bonds is 6. The van der Waals surface area contributed by atoms with Crippen molar-refractivity contribution in [3.05, 3.63) is 34.9 Å². The van der Waals surface area contributed by atoms with Crippen LogP contribution in [-0.4, -0.2) is 35.1 Å². The van der Waals surface area contributed by atoms with Crippen molar-refractivity contribution in [2.75, 3.05) is 13.1 Å². The van der Waals surface area contributed by atoms with Crippen molar-refractivity contribution in [3.8, 4) is 0 Å². The van der Waals surface area contributed by atoms with Gasteiger partial charge in [-0.05, 0) is 37.6 Å². The predicted octanol–water partition coefficient (Wildman–Crippen LogP) is 2.68. The maximum Gasteiger partial charge on any atom is 0.317 e. The molecule has 0 saturated heterocycles. The van der Waals surface area contributed by atoms with Gasteiger partial charge >= 0.3 is 5.97 Å². The fraction of sp³-hybridized carbons (Fsp3) is 0.462. The zero-order valence-electron chi connectivity index (χ0n) is 10.2. The summed E-state index contributed by atoms with van der Waals surface area (Å²) >= 11 is 5.82. The summed E-state index contributed by atoms with van der Waals surface area (Å²) in [6.07, 6.45) is 0.832. The normalized spacial score (nSPS) is 12.7. The number of carboxylic acids is 1. The largest absolute Gasteiger partial charge is 0.480 e. The van der Waals surface area contributed by atoms with E-state index >= 15 is 0 Å². The molecule has 0 radical (unpaired) electrons. The van der Waals surface area contributed by atoms with Gasteiger partial charge in [0.1, 0.15) is 0 Å². The summed E-state index contributed by atoms with van der Waals surface area (Å²) in [5.41, 5.74) is 1.17. The van der Waals surface area contributed by atoms with Crippen LogP contribution in [0.1, 0.15) is 19.4 Å². The summed E-state index contributed by atoms with van der Waals surface area (Å²) in [5, 5.41) is 9.53. The predicted molar refractivity (Wildman–Crippen MR) is 69.5 cm³/mol. The Morgan fingerprint density at radius 2 is 2.00 bits per heavy atom. The molecular formula is C13H18ClNO2. The molecule has 0 aromatic heterocycles. The number of halogens is 1. The van der Waals surface area contributed by atoms with Gasteiger partial charge < -0.3 is 5.11 Å². The van der Waals surface area contributed by atoms with Crippen molar-refractivity contribution in [1.82, 2.24) is 4.90 Å². The summed E-state index contributed by atoms with van der Waals surface area (Å²) in [5.74, 6) is -0.783. The van der Waals surface area contributed by atoms with Crippen LogP contribution in [0.15, 0.2) is 24.3 Å². The first-order valence-corrected chi connectivity index (χ1v) is 6.11. The Hall–Kier alpha value is -1.06. The van der Waals surface area contributed by atoms with Gasteiger partial charge in [-0.3, -0.25) is 9.69 Å². The zero-order chi connectivity index (χ0) is 12.8. The monoisotopic (exact) mass is 255 g/mol. The van der Waals surface area contributed by atoms with Crippen LogP contribution < -0.4 is 0 Å². The number of aliphatic carboxylic acids is 1. The molecule has 1 atom stereocenters. The Bertz CT molecular complexity index is 364. The number of carbonyl (C=O) groups is 1. The highest BCUT2D eigenvalue weighted by atomic mass is 35.5. The lowest BCUT2D eigenvalue weighted by molar-refractivity contribution is -0.138. The van der Waals surface area contributed by atoms with E-state index in [1.165, 1.54) is 5.56 Å². The molecule has 0 saturated carbocycles. The summed E-state index contributed by atoms with van der Waals surface area (Å²) < 4.78 is 0. The van der Waals surface area contributed by atoms with Gasteiger partial charge in [-0.25, -0.2) is 0 Å². The second kappa shape index (κ2) is 6.62. The molecule has 4 heteroatoms. The third-order valence-electron chi connectivity index (χ3n) is 2.81. The van der Waals surface area contributed by atoms with Crippen LogP contribution in [0.25, 0.3) is 0 Å². The molecule has 0 aliphatic rings. The Kier molecular flexibility index (Phi) is 5.45. The molecular weight excluding hydrogens is 238 g/mol. The fourth-order valence-corrected chi connectivity index (χ4v) is 1.97. The highest BCUT2D eigenvalue weighted by molar-refractivity contribution is 6.30. The van der Waals surface area contributed by atoms with E-state index in [0.717, 1.165) is 18.0 Å². The lowest BCUT2D eigenvalue weighted by Crippen LogP contribution is -2.38. The Labute approximate surface area is 107 Å². The number of carboxylic acid groups (broad SMARTS) is 1. The highest BCUT2D eigenvalue weighted by Gasteiger charge is 2.15. The second-order valence-electron chi connectivity index (χ2n) is 4.14. The molecule has 0 spiro atoms. The van der Waals surface area contributed by atoms with E-state index in [-0.39, 0.29) is 12.6 Å². The van der Waals surface area contributed by atoms with Gasteiger partial charge in [0.25, 0.3) is 0 Å². The van der Waals surface area contributed by atoms with Crippen LogP contribution in [0.2, 0.25) is 5.02 Å². The number of likely N-dealkylation sites (N-methyl/N-ethyl adjacent to an activating group) is 1. The van der Waals surface area contributed by atoms with Crippen LogP contribution in [0.5, 0.6) is 0 Å². The number of hydrogen-bond donors (Lipinski definition) is 1. The van der Waals surface area contributed by atoms with Crippen molar-refractivity contribution in [2.45, 2.75) is 26.3 Å². The molecule has 0 bridgehead atoms. The van der Waals surface area contributed by atoms with E-state index in [4.69, 9.17) is 16.7 Å². The molecule has 1 N–H and O–H groups in total. The van der Waals surface area contributed by atoms with Crippen LogP contribution in [-0.2, 0) is 11.2 Å². The SMILES string of the molecule is CCN(CC(=O)O)C(C)Cc1ccc(Cl)cc1. The van der Waals surface area contributed by atoms with Crippen molar-refractivity contribution in [3.63, 3.8) is 0 Å². The molecule has 0 aliphatic heterocycles. The lowest BCUT2D eigenvalue weighted by Gasteiger charge is -2.26. The van der Waals surface area contributed by atoms with Gasteiger partial charge in [-0.2, -0.15) is 0 Å².